The van der Waals surface area contributed by atoms with Crippen molar-refractivity contribution >= 4 is 11.3 Å². The minimum Gasteiger partial charge on any atom is -0.386 e. The SMILES string of the molecule is OC(CNC1CC2CCC1C2)c1cccs1. The molecular weight excluding hydrogens is 218 g/mol. The Kier molecular flexibility index (Phi) is 3.01. The summed E-state index contributed by atoms with van der Waals surface area (Å²) < 4.78 is 0. The molecule has 2 bridgehead atoms. The summed E-state index contributed by atoms with van der Waals surface area (Å²) in [4.78, 5) is 1.08. The lowest BCUT2D eigenvalue weighted by Gasteiger charge is -2.24. The van der Waals surface area contributed by atoms with Crippen molar-refractivity contribution in [2.45, 2.75) is 37.8 Å². The van der Waals surface area contributed by atoms with Crippen molar-refractivity contribution in [1.29, 1.82) is 0 Å². The Bertz CT molecular complexity index is 338. The second-order valence-electron chi connectivity index (χ2n) is 5.22. The molecular formula is C13H19NOS. The largest absolute Gasteiger partial charge is 0.386 e. The molecule has 2 aliphatic rings. The minimum atomic E-state index is -0.320. The molecule has 2 fully saturated rings. The zero-order chi connectivity index (χ0) is 11.0. The van der Waals surface area contributed by atoms with Crippen LogP contribution in [0.15, 0.2) is 17.5 Å². The van der Waals surface area contributed by atoms with E-state index in [4.69, 9.17) is 0 Å². The van der Waals surface area contributed by atoms with E-state index in [1.165, 1.54) is 25.7 Å². The van der Waals surface area contributed by atoms with Crippen molar-refractivity contribution < 1.29 is 5.11 Å². The maximum absolute atomic E-state index is 9.99. The van der Waals surface area contributed by atoms with Crippen LogP contribution in [0.25, 0.3) is 0 Å². The van der Waals surface area contributed by atoms with Crippen LogP contribution in [-0.4, -0.2) is 17.7 Å². The van der Waals surface area contributed by atoms with Crippen molar-refractivity contribution in [2.24, 2.45) is 11.8 Å². The summed E-state index contributed by atoms with van der Waals surface area (Å²) >= 11 is 1.64. The second kappa shape index (κ2) is 4.47. The summed E-state index contributed by atoms with van der Waals surface area (Å²) in [5.41, 5.74) is 0. The fourth-order valence-corrected chi connectivity index (χ4v) is 4.05. The third-order valence-electron chi connectivity index (χ3n) is 4.18. The Morgan fingerprint density at radius 2 is 2.38 bits per heavy atom. The summed E-state index contributed by atoms with van der Waals surface area (Å²) in [5.74, 6) is 1.86. The highest BCUT2D eigenvalue weighted by Crippen LogP contribution is 2.44. The molecule has 16 heavy (non-hydrogen) atoms. The first-order valence-electron chi connectivity index (χ1n) is 6.28. The first kappa shape index (κ1) is 10.8. The summed E-state index contributed by atoms with van der Waals surface area (Å²) in [6.07, 6.45) is 5.28. The summed E-state index contributed by atoms with van der Waals surface area (Å²) in [5, 5.41) is 15.6. The molecule has 2 saturated carbocycles. The molecule has 2 aliphatic carbocycles. The van der Waals surface area contributed by atoms with E-state index in [-0.39, 0.29) is 6.10 Å². The number of hydrogen-bond donors (Lipinski definition) is 2. The number of aliphatic hydroxyl groups excluding tert-OH is 1. The van der Waals surface area contributed by atoms with Gasteiger partial charge in [0.2, 0.25) is 0 Å². The van der Waals surface area contributed by atoms with Crippen LogP contribution in [0.1, 0.15) is 36.7 Å². The Morgan fingerprint density at radius 1 is 1.44 bits per heavy atom. The molecule has 0 saturated heterocycles. The van der Waals surface area contributed by atoms with Gasteiger partial charge in [0.1, 0.15) is 6.10 Å². The molecule has 3 heteroatoms. The fourth-order valence-electron chi connectivity index (χ4n) is 3.34. The highest BCUT2D eigenvalue weighted by Gasteiger charge is 2.39. The Hall–Kier alpha value is -0.380. The Morgan fingerprint density at radius 3 is 3.00 bits per heavy atom. The number of hydrogen-bond acceptors (Lipinski definition) is 3. The van der Waals surface area contributed by atoms with E-state index in [0.29, 0.717) is 12.6 Å². The predicted molar refractivity (Wildman–Crippen MR) is 66.5 cm³/mol. The molecule has 1 aromatic heterocycles. The number of thiophene rings is 1. The number of nitrogens with one attached hydrogen (secondary N) is 1. The zero-order valence-electron chi connectivity index (χ0n) is 9.43. The number of fused-ring (bicyclic) bond motifs is 2. The van der Waals surface area contributed by atoms with E-state index in [1.807, 2.05) is 17.5 Å². The maximum Gasteiger partial charge on any atom is 0.101 e. The normalized spacial score (nSPS) is 34.4. The molecule has 0 spiro atoms. The molecule has 0 aliphatic heterocycles. The van der Waals surface area contributed by atoms with Gasteiger partial charge in [0.15, 0.2) is 0 Å². The molecule has 2 N–H and O–H groups in total. The van der Waals surface area contributed by atoms with Crippen molar-refractivity contribution in [2.75, 3.05) is 6.54 Å². The molecule has 1 aromatic rings. The molecule has 1 heterocycles. The van der Waals surface area contributed by atoms with E-state index in [1.54, 1.807) is 11.3 Å². The third-order valence-corrected chi connectivity index (χ3v) is 5.16. The van der Waals surface area contributed by atoms with Crippen LogP contribution in [0, 0.1) is 11.8 Å². The molecule has 88 valence electrons. The highest BCUT2D eigenvalue weighted by molar-refractivity contribution is 7.10. The van der Waals surface area contributed by atoms with Crippen molar-refractivity contribution in [3.05, 3.63) is 22.4 Å². The van der Waals surface area contributed by atoms with E-state index >= 15 is 0 Å². The van der Waals surface area contributed by atoms with Gasteiger partial charge in [0, 0.05) is 17.5 Å². The monoisotopic (exact) mass is 237 g/mol. The van der Waals surface area contributed by atoms with E-state index in [9.17, 15) is 5.11 Å². The van der Waals surface area contributed by atoms with Gasteiger partial charge in [-0.25, -0.2) is 0 Å². The maximum atomic E-state index is 9.99. The van der Waals surface area contributed by atoms with Crippen LogP contribution in [0.5, 0.6) is 0 Å². The van der Waals surface area contributed by atoms with Crippen LogP contribution in [0.3, 0.4) is 0 Å². The molecule has 0 aromatic carbocycles. The molecule has 0 amide bonds. The van der Waals surface area contributed by atoms with Gasteiger partial charge in [-0.15, -0.1) is 11.3 Å². The van der Waals surface area contributed by atoms with Gasteiger partial charge in [-0.05, 0) is 42.5 Å². The Balaban J connectivity index is 1.50. The smallest absolute Gasteiger partial charge is 0.101 e. The van der Waals surface area contributed by atoms with Crippen LogP contribution < -0.4 is 5.32 Å². The summed E-state index contributed by atoms with van der Waals surface area (Å²) in [6.45, 7) is 0.717. The number of rotatable bonds is 4. The molecule has 2 nitrogen and oxygen atoms in total. The summed E-state index contributed by atoms with van der Waals surface area (Å²) in [6, 6.07) is 4.69. The lowest BCUT2D eigenvalue weighted by molar-refractivity contribution is 0.167. The zero-order valence-corrected chi connectivity index (χ0v) is 10.2. The summed E-state index contributed by atoms with van der Waals surface area (Å²) in [7, 11) is 0. The van der Waals surface area contributed by atoms with Gasteiger partial charge in [0.25, 0.3) is 0 Å². The number of aliphatic hydroxyl groups is 1. The van der Waals surface area contributed by atoms with Crippen LogP contribution >= 0.6 is 11.3 Å². The van der Waals surface area contributed by atoms with E-state index < -0.39 is 0 Å². The van der Waals surface area contributed by atoms with Gasteiger partial charge in [-0.2, -0.15) is 0 Å². The van der Waals surface area contributed by atoms with Gasteiger partial charge in [-0.1, -0.05) is 12.5 Å². The van der Waals surface area contributed by atoms with Crippen molar-refractivity contribution in [1.82, 2.24) is 5.32 Å². The molecule has 3 rings (SSSR count). The van der Waals surface area contributed by atoms with Crippen LogP contribution in [0.2, 0.25) is 0 Å². The lowest BCUT2D eigenvalue weighted by atomic mass is 9.95. The fraction of sp³-hybridized carbons (Fsp3) is 0.692. The predicted octanol–water partition coefficient (Wildman–Crippen LogP) is 2.56. The highest BCUT2D eigenvalue weighted by atomic mass is 32.1. The van der Waals surface area contributed by atoms with Crippen LogP contribution in [0.4, 0.5) is 0 Å². The molecule has 4 atom stereocenters. The van der Waals surface area contributed by atoms with Gasteiger partial charge >= 0.3 is 0 Å². The first-order valence-corrected chi connectivity index (χ1v) is 7.15. The van der Waals surface area contributed by atoms with Crippen molar-refractivity contribution in [3.8, 4) is 0 Å². The third kappa shape index (κ3) is 2.04. The quantitative estimate of drug-likeness (QED) is 0.843. The first-order chi connectivity index (χ1) is 7.83. The van der Waals surface area contributed by atoms with Crippen molar-refractivity contribution in [3.63, 3.8) is 0 Å². The molecule has 4 unspecified atom stereocenters. The average Bonchev–Trinajstić information content (AvgIpc) is 3.01. The van der Waals surface area contributed by atoms with E-state index in [2.05, 4.69) is 5.32 Å². The average molecular weight is 237 g/mol. The standard InChI is InChI=1S/C13H19NOS/c15-12(13-2-1-5-16-13)8-14-11-7-9-3-4-10(11)6-9/h1-2,5,9-12,14-15H,3-4,6-8H2. The van der Waals surface area contributed by atoms with Gasteiger partial charge < -0.3 is 10.4 Å². The van der Waals surface area contributed by atoms with Gasteiger partial charge in [-0.3, -0.25) is 0 Å². The van der Waals surface area contributed by atoms with Gasteiger partial charge in [0.05, 0.1) is 0 Å². The topological polar surface area (TPSA) is 32.3 Å². The van der Waals surface area contributed by atoms with E-state index in [0.717, 1.165) is 16.7 Å². The Labute approximate surface area is 101 Å². The van der Waals surface area contributed by atoms with Crippen LogP contribution in [-0.2, 0) is 0 Å². The molecule has 0 radical (unpaired) electrons. The minimum absolute atomic E-state index is 0.320. The lowest BCUT2D eigenvalue weighted by Crippen LogP contribution is -2.36. The second-order valence-corrected chi connectivity index (χ2v) is 6.20.